The molecule has 8 heteroatoms. The lowest BCUT2D eigenvalue weighted by Crippen LogP contribution is -2.53. The van der Waals surface area contributed by atoms with Gasteiger partial charge in [0.1, 0.15) is 11.6 Å². The van der Waals surface area contributed by atoms with E-state index in [0.29, 0.717) is 17.8 Å². The summed E-state index contributed by atoms with van der Waals surface area (Å²) in [6, 6.07) is 11.8. The van der Waals surface area contributed by atoms with Crippen molar-refractivity contribution in [2.45, 2.75) is 5.54 Å². The Morgan fingerprint density at radius 3 is 2.42 bits per heavy atom. The molecule has 2 amide bonds. The van der Waals surface area contributed by atoms with Gasteiger partial charge in [-0.2, -0.15) is 0 Å². The van der Waals surface area contributed by atoms with Crippen LogP contribution in [0.2, 0.25) is 0 Å². The molecule has 1 N–H and O–H groups in total. The van der Waals surface area contributed by atoms with E-state index >= 15 is 0 Å². The molecule has 1 spiro atoms. The summed E-state index contributed by atoms with van der Waals surface area (Å²) in [7, 11) is 3.63. The van der Waals surface area contributed by atoms with Gasteiger partial charge < -0.3 is 19.8 Å². The molecule has 0 aromatic heterocycles. The van der Waals surface area contributed by atoms with Crippen LogP contribution in [0.3, 0.4) is 0 Å². The number of fused-ring (bicyclic) bond motifs is 2. The van der Waals surface area contributed by atoms with E-state index in [1.807, 2.05) is 19.0 Å². The number of ketones is 1. The number of rotatable bonds is 6. The fourth-order valence-corrected chi connectivity index (χ4v) is 4.53. The van der Waals surface area contributed by atoms with Crippen LogP contribution < -0.4 is 4.90 Å². The topological polar surface area (TPSA) is 81.2 Å². The number of para-hydroxylation sites is 1. The number of carbonyl (C=O) groups is 3. The highest BCUT2D eigenvalue weighted by atomic mass is 19.1. The van der Waals surface area contributed by atoms with Crippen molar-refractivity contribution in [1.29, 1.82) is 0 Å². The number of likely N-dealkylation sites (N-methyl/N-ethyl adjacent to an activating group) is 1. The first kappa shape index (κ1) is 22.4. The molecule has 1 saturated heterocycles. The van der Waals surface area contributed by atoms with Crippen LogP contribution in [0.15, 0.2) is 66.8 Å². The van der Waals surface area contributed by atoms with Crippen LogP contribution in [0, 0.1) is 5.82 Å². The van der Waals surface area contributed by atoms with Crippen molar-refractivity contribution in [1.82, 2.24) is 9.80 Å². The highest BCUT2D eigenvalue weighted by Gasteiger charge is 2.66. The summed E-state index contributed by atoms with van der Waals surface area (Å²) in [5.41, 5.74) is -1.05. The van der Waals surface area contributed by atoms with Gasteiger partial charge >= 0.3 is 0 Å². The summed E-state index contributed by atoms with van der Waals surface area (Å²) in [4.78, 5) is 45.2. The molecule has 0 aliphatic carbocycles. The molecule has 4 rings (SSSR count). The molecule has 7 nitrogen and oxygen atoms in total. The van der Waals surface area contributed by atoms with Gasteiger partial charge in [0.25, 0.3) is 17.6 Å². The molecule has 2 aromatic rings. The monoisotopic (exact) mass is 449 g/mol. The number of anilines is 1. The molecular formula is C25H24FN3O4. The zero-order chi connectivity index (χ0) is 23.9. The Kier molecular flexibility index (Phi) is 5.63. The fourth-order valence-electron chi connectivity index (χ4n) is 4.53. The highest BCUT2D eigenvalue weighted by Crippen LogP contribution is 2.53. The number of aliphatic hydroxyl groups is 1. The smallest absolute Gasteiger partial charge is 0.296 e. The van der Waals surface area contributed by atoms with Gasteiger partial charge in [-0.25, -0.2) is 4.39 Å². The molecule has 0 saturated carbocycles. The van der Waals surface area contributed by atoms with Gasteiger partial charge in [0.05, 0.1) is 11.3 Å². The van der Waals surface area contributed by atoms with Crippen LogP contribution >= 0.6 is 0 Å². The SMILES string of the molecule is C=CCN1C(=O)[C@@]2(C(=C(O)c3ccc(F)cc3)C(=O)C(=O)N2CCN(C)C)c2ccccc21. The van der Waals surface area contributed by atoms with E-state index < -0.39 is 34.7 Å². The van der Waals surface area contributed by atoms with E-state index in [2.05, 4.69) is 6.58 Å². The number of carbonyl (C=O) groups excluding carboxylic acids is 3. The summed E-state index contributed by atoms with van der Waals surface area (Å²) in [5.74, 6) is -3.40. The summed E-state index contributed by atoms with van der Waals surface area (Å²) in [5, 5.41) is 11.2. The van der Waals surface area contributed by atoms with Gasteiger partial charge in [0.15, 0.2) is 5.54 Å². The first-order valence-corrected chi connectivity index (χ1v) is 10.5. The van der Waals surface area contributed by atoms with Gasteiger partial charge in [-0.05, 0) is 44.4 Å². The number of likely N-dealkylation sites (tertiary alicyclic amines) is 1. The minimum atomic E-state index is -1.83. The Balaban J connectivity index is 2.05. The molecule has 0 radical (unpaired) electrons. The van der Waals surface area contributed by atoms with E-state index in [0.717, 1.165) is 12.1 Å². The Morgan fingerprint density at radius 2 is 1.79 bits per heavy atom. The van der Waals surface area contributed by atoms with Crippen molar-refractivity contribution < 1.29 is 23.9 Å². The first-order chi connectivity index (χ1) is 15.7. The van der Waals surface area contributed by atoms with Crippen molar-refractivity contribution in [3.05, 3.63) is 83.7 Å². The summed E-state index contributed by atoms with van der Waals surface area (Å²) < 4.78 is 13.5. The zero-order valence-electron chi connectivity index (χ0n) is 18.4. The van der Waals surface area contributed by atoms with Crippen LogP contribution in [-0.2, 0) is 19.9 Å². The predicted molar refractivity (Wildman–Crippen MR) is 122 cm³/mol. The van der Waals surface area contributed by atoms with E-state index in [9.17, 15) is 23.9 Å². The lowest BCUT2D eigenvalue weighted by atomic mass is 9.82. The average molecular weight is 449 g/mol. The number of aliphatic hydroxyl groups excluding tert-OH is 1. The number of Topliss-reactive ketones (excluding diaryl/α,β-unsaturated/α-hetero) is 1. The molecule has 0 bridgehead atoms. The second-order valence-electron chi connectivity index (χ2n) is 8.25. The number of amides is 2. The minimum Gasteiger partial charge on any atom is -0.507 e. The lowest BCUT2D eigenvalue weighted by Gasteiger charge is -2.35. The maximum absolute atomic E-state index is 14.0. The highest BCUT2D eigenvalue weighted by molar-refractivity contribution is 6.50. The molecule has 2 aliphatic rings. The third-order valence-electron chi connectivity index (χ3n) is 6.01. The Morgan fingerprint density at radius 1 is 1.12 bits per heavy atom. The maximum atomic E-state index is 14.0. The number of nitrogens with zero attached hydrogens (tertiary/aromatic N) is 3. The predicted octanol–water partition coefficient (Wildman–Crippen LogP) is 2.50. The Labute approximate surface area is 191 Å². The van der Waals surface area contributed by atoms with Crippen molar-refractivity contribution in [2.24, 2.45) is 0 Å². The van der Waals surface area contributed by atoms with E-state index in [-0.39, 0.29) is 24.2 Å². The first-order valence-electron chi connectivity index (χ1n) is 10.5. The van der Waals surface area contributed by atoms with E-state index in [4.69, 9.17) is 0 Å². The molecule has 33 heavy (non-hydrogen) atoms. The van der Waals surface area contributed by atoms with Gasteiger partial charge in [-0.3, -0.25) is 14.4 Å². The maximum Gasteiger partial charge on any atom is 0.296 e. The lowest BCUT2D eigenvalue weighted by molar-refractivity contribution is -0.143. The Hall–Kier alpha value is -3.78. The fraction of sp³-hybridized carbons (Fsp3) is 0.240. The van der Waals surface area contributed by atoms with Gasteiger partial charge in [0, 0.05) is 30.8 Å². The van der Waals surface area contributed by atoms with Crippen LogP contribution in [0.5, 0.6) is 0 Å². The van der Waals surface area contributed by atoms with Gasteiger partial charge in [-0.15, -0.1) is 6.58 Å². The standard InChI is InChI=1S/C25H24FN3O4/c1-4-13-28-19-8-6-5-7-18(19)25(24(28)33)20(21(30)16-9-11-17(26)12-10-16)22(31)23(32)29(25)15-14-27(2)3/h4-12,30H,1,13-15H2,2-3H3/t25-/m0/s1. The molecule has 0 unspecified atom stereocenters. The van der Waals surface area contributed by atoms with Crippen LogP contribution in [0.1, 0.15) is 11.1 Å². The van der Waals surface area contributed by atoms with Crippen LogP contribution in [-0.4, -0.2) is 66.2 Å². The summed E-state index contributed by atoms with van der Waals surface area (Å²) in [6.45, 7) is 4.35. The number of benzene rings is 2. The van der Waals surface area contributed by atoms with Gasteiger partial charge in [-0.1, -0.05) is 24.3 Å². The van der Waals surface area contributed by atoms with E-state index in [1.54, 1.807) is 30.3 Å². The number of halogens is 1. The average Bonchev–Trinajstić information content (AvgIpc) is 3.16. The molecule has 1 atom stereocenters. The molecule has 1 fully saturated rings. The van der Waals surface area contributed by atoms with Crippen LogP contribution in [0.25, 0.3) is 5.76 Å². The van der Waals surface area contributed by atoms with Crippen molar-refractivity contribution in [3.63, 3.8) is 0 Å². The van der Waals surface area contributed by atoms with Crippen molar-refractivity contribution in [2.75, 3.05) is 38.6 Å². The van der Waals surface area contributed by atoms with Crippen molar-refractivity contribution in [3.8, 4) is 0 Å². The molecule has 2 aromatic carbocycles. The molecule has 2 aliphatic heterocycles. The summed E-state index contributed by atoms with van der Waals surface area (Å²) in [6.07, 6.45) is 1.56. The third-order valence-corrected chi connectivity index (χ3v) is 6.01. The second-order valence-corrected chi connectivity index (χ2v) is 8.25. The third kappa shape index (κ3) is 3.25. The minimum absolute atomic E-state index is 0.0831. The van der Waals surface area contributed by atoms with Gasteiger partial charge in [0.2, 0.25) is 0 Å². The molecule has 2 heterocycles. The zero-order valence-corrected chi connectivity index (χ0v) is 18.4. The van der Waals surface area contributed by atoms with Crippen LogP contribution in [0.4, 0.5) is 10.1 Å². The molecular weight excluding hydrogens is 425 g/mol. The normalized spacial score (nSPS) is 21.4. The molecule has 170 valence electrons. The summed E-state index contributed by atoms with van der Waals surface area (Å²) >= 11 is 0. The number of hydrogen-bond donors (Lipinski definition) is 1. The van der Waals surface area contributed by atoms with E-state index in [1.165, 1.54) is 21.9 Å². The largest absolute Gasteiger partial charge is 0.507 e. The quantitative estimate of drug-likeness (QED) is 0.317. The second kappa shape index (κ2) is 8.29. The Bertz CT molecular complexity index is 1190. The number of hydrogen-bond acceptors (Lipinski definition) is 5. The van der Waals surface area contributed by atoms with Crippen molar-refractivity contribution >= 4 is 29.0 Å².